The Balaban J connectivity index is 1.33. The quantitative estimate of drug-likeness (QED) is 0.116. The van der Waals surface area contributed by atoms with Crippen LogP contribution in [0.2, 0.25) is 0 Å². The summed E-state index contributed by atoms with van der Waals surface area (Å²) in [5, 5.41) is 3.77. The van der Waals surface area contributed by atoms with Gasteiger partial charge in [0, 0.05) is 69.9 Å². The van der Waals surface area contributed by atoms with Gasteiger partial charge in [0.15, 0.2) is 0 Å². The Hall–Kier alpha value is -5.82. The fourth-order valence-corrected chi connectivity index (χ4v) is 15.4. The summed E-state index contributed by atoms with van der Waals surface area (Å²) in [5.74, 6) is 3.81. The van der Waals surface area contributed by atoms with E-state index in [1.54, 1.807) is 0 Å². The Morgan fingerprint density at radius 1 is 0.870 bits per heavy atom. The predicted molar refractivity (Wildman–Crippen MR) is 341 cm³/mol. The molecule has 3 nitrogen and oxygen atoms in total. The van der Waals surface area contributed by atoms with Crippen LogP contribution in [0.15, 0.2) is 193 Å². The van der Waals surface area contributed by atoms with E-state index in [4.69, 9.17) is 6.58 Å². The molecule has 2 aromatic heterocycles. The third-order valence-electron chi connectivity index (χ3n) is 17.9. The van der Waals surface area contributed by atoms with E-state index >= 15 is 0 Å². The molecule has 0 fully saturated rings. The number of benzene rings is 2. The molecule has 0 N–H and O–H groups in total. The molecule has 0 saturated carbocycles. The van der Waals surface area contributed by atoms with Gasteiger partial charge in [-0.25, -0.2) is 0 Å². The number of rotatable bonds is 10. The first kappa shape index (κ1) is 54.5. The molecule has 5 atom stereocenters. The van der Waals surface area contributed by atoms with Gasteiger partial charge in [0.1, 0.15) is 0 Å². The van der Waals surface area contributed by atoms with Gasteiger partial charge in [-0.05, 0) is 131 Å². The van der Waals surface area contributed by atoms with Crippen LogP contribution < -0.4 is 19.4 Å². The van der Waals surface area contributed by atoms with Gasteiger partial charge in [-0.3, -0.25) is 0 Å². The molecule has 5 unspecified atom stereocenters. The Morgan fingerprint density at radius 2 is 1.57 bits per heavy atom. The summed E-state index contributed by atoms with van der Waals surface area (Å²) in [6.45, 7) is 47.4. The van der Waals surface area contributed by atoms with Crippen molar-refractivity contribution in [1.82, 2.24) is 9.80 Å². The van der Waals surface area contributed by atoms with Gasteiger partial charge in [0.25, 0.3) is 6.71 Å². The first-order valence-electron chi connectivity index (χ1n) is 28.5. The fraction of sp³-hybridized carbons (Fsp3) is 0.380. The number of hydrogen-bond donors (Lipinski definition) is 0. The highest BCUT2D eigenvalue weighted by atomic mass is 32.1. The minimum atomic E-state index is -0.0520. The van der Waals surface area contributed by atoms with E-state index in [-0.39, 0.29) is 46.4 Å². The number of anilines is 1. The molecule has 0 spiro atoms. The van der Waals surface area contributed by atoms with E-state index in [1.807, 2.05) is 28.7 Å². The molecule has 77 heavy (non-hydrogen) atoms. The number of hydrogen-bond acceptors (Lipinski definition) is 5. The Bertz CT molecular complexity index is 3520. The Morgan fingerprint density at radius 3 is 2.25 bits per heavy atom. The van der Waals surface area contributed by atoms with E-state index in [2.05, 4.69) is 265 Å². The lowest BCUT2D eigenvalue weighted by Gasteiger charge is -2.46. The molecule has 0 saturated heterocycles. The molecule has 4 aromatic rings. The van der Waals surface area contributed by atoms with E-state index in [9.17, 15) is 0 Å². The van der Waals surface area contributed by atoms with E-state index in [0.29, 0.717) is 17.8 Å². The third-order valence-corrected chi connectivity index (χ3v) is 20.3. The van der Waals surface area contributed by atoms with E-state index < -0.39 is 0 Å². The van der Waals surface area contributed by atoms with Crippen LogP contribution in [0.1, 0.15) is 127 Å². The van der Waals surface area contributed by atoms with Crippen LogP contribution >= 0.6 is 22.7 Å². The van der Waals surface area contributed by atoms with Crippen molar-refractivity contribution in [3.8, 4) is 0 Å². The van der Waals surface area contributed by atoms with Crippen LogP contribution in [-0.2, 0) is 10.8 Å². The summed E-state index contributed by atoms with van der Waals surface area (Å²) in [4.78, 5) is 7.76. The number of allylic oxidation sites excluding steroid dienone is 13. The highest BCUT2D eigenvalue weighted by molar-refractivity contribution is 7.31. The molecule has 2 aromatic carbocycles. The van der Waals surface area contributed by atoms with Gasteiger partial charge in [0.2, 0.25) is 0 Å². The van der Waals surface area contributed by atoms with Crippen LogP contribution in [0.25, 0.3) is 32.4 Å². The zero-order valence-corrected chi connectivity index (χ0v) is 50.4. The summed E-state index contributed by atoms with van der Waals surface area (Å²) in [6.07, 6.45) is 43.0. The van der Waals surface area contributed by atoms with Crippen LogP contribution in [-0.4, -0.2) is 28.6 Å². The summed E-state index contributed by atoms with van der Waals surface area (Å²) in [6, 6.07) is 14.3. The lowest BCUT2D eigenvalue weighted by molar-refractivity contribution is 0.140. The summed E-state index contributed by atoms with van der Waals surface area (Å²) < 4.78 is 5.18. The van der Waals surface area contributed by atoms with Crippen LogP contribution in [0, 0.1) is 34.5 Å². The molecule has 0 amide bonds. The topological polar surface area (TPSA) is 9.72 Å². The second kappa shape index (κ2) is 20.4. The summed E-state index contributed by atoms with van der Waals surface area (Å²) >= 11 is 3.83. The van der Waals surface area contributed by atoms with Gasteiger partial charge in [-0.15, -0.1) is 22.7 Å². The molecule has 398 valence electrons. The molecule has 4 heterocycles. The van der Waals surface area contributed by atoms with Crippen LogP contribution in [0.4, 0.5) is 5.69 Å². The van der Waals surface area contributed by atoms with Crippen molar-refractivity contribution in [1.29, 1.82) is 0 Å². The van der Waals surface area contributed by atoms with Crippen LogP contribution in [0.5, 0.6) is 0 Å². The normalized spacial score (nSPS) is 24.8. The molecular formula is C71H84BN3S2. The van der Waals surface area contributed by atoms with E-state index in [1.165, 1.54) is 80.4 Å². The maximum Gasteiger partial charge on any atom is 0.256 e. The van der Waals surface area contributed by atoms with Gasteiger partial charge in [0.05, 0.1) is 17.8 Å². The lowest BCUT2D eigenvalue weighted by Crippen LogP contribution is -2.48. The highest BCUT2D eigenvalue weighted by Gasteiger charge is 2.46. The largest absolute Gasteiger partial charge is 0.358 e. The van der Waals surface area contributed by atoms with Gasteiger partial charge in [-0.2, -0.15) is 0 Å². The SMILES string of the molecule is C=C/C=c1/sc2ccccc2/c1=C\N1C=C2B(C=C1/C=C\C(=C)C(C)C)c1sc3cc4c(cc3c1N(C1=CC(C(C)(C)C)C(C(C)(C)C)C=C1)/C2=C/C(=C)N(C1CC=CC=C1C)C1C=CC=CC1C)C(C)(C)CCC4(C)C. The highest BCUT2D eigenvalue weighted by Crippen LogP contribution is 2.53. The average Bonchev–Trinajstić information content (AvgIpc) is 3.93. The zero-order valence-electron chi connectivity index (χ0n) is 48.8. The number of thiophene rings is 2. The molecule has 0 bridgehead atoms. The lowest BCUT2D eigenvalue weighted by atomic mass is 9.39. The maximum absolute atomic E-state index is 5.19. The molecule has 6 aliphatic rings. The average molecular weight is 1050 g/mol. The minimum Gasteiger partial charge on any atom is -0.358 e. The maximum atomic E-state index is 5.19. The molecule has 6 heteroatoms. The Labute approximate surface area is 471 Å². The van der Waals surface area contributed by atoms with Crippen molar-refractivity contribution in [3.63, 3.8) is 0 Å². The monoisotopic (exact) mass is 1050 g/mol. The standard InChI is InChI=1S/C71H84BN3S2/c1-18-25-63-54(52-28-21-24-31-64(52)76-63)43-73-44-59-62(38-49(7)74(60-29-22-19-26-47(60)5)61-30-23-20-27-48(61)6)75(50-34-35-55(68(8,9)10)56(39-50)69(11,12)13)66-53-40-57-58(71(16,17)37-36-70(57,14)15)41-65(53)77-67(66)72(59)42-51(73)33-32-46(4)45(2)3/h18-29,31-35,38-45,47,55-56,60-61H,1,4,7,30,36-37H2,2-3,5-6,8-17H3/b33-32-,54-43+,62-38+,63-25+. The second-order valence-electron chi connectivity index (χ2n) is 26.7. The van der Waals surface area contributed by atoms with Crippen molar-refractivity contribution in [2.75, 3.05) is 4.90 Å². The van der Waals surface area contributed by atoms with Crippen molar-refractivity contribution >= 4 is 72.3 Å². The Kier molecular flexibility index (Phi) is 14.5. The second-order valence-corrected chi connectivity index (χ2v) is 28.9. The van der Waals surface area contributed by atoms with Crippen molar-refractivity contribution in [2.24, 2.45) is 34.5 Å². The molecule has 10 rings (SSSR count). The molecule has 0 radical (unpaired) electrons. The first-order chi connectivity index (χ1) is 36.4. The molecular weight excluding hydrogens is 970 g/mol. The van der Waals surface area contributed by atoms with Crippen LogP contribution in [0.3, 0.4) is 0 Å². The van der Waals surface area contributed by atoms with Gasteiger partial charge < -0.3 is 14.7 Å². The minimum absolute atomic E-state index is 0.00339. The van der Waals surface area contributed by atoms with Crippen molar-refractivity contribution in [3.05, 3.63) is 214 Å². The smallest absolute Gasteiger partial charge is 0.256 e. The van der Waals surface area contributed by atoms with Crippen molar-refractivity contribution < 1.29 is 0 Å². The third kappa shape index (κ3) is 10.2. The first-order valence-corrected chi connectivity index (χ1v) is 30.1. The predicted octanol–water partition coefficient (Wildman–Crippen LogP) is 17.2. The summed E-state index contributed by atoms with van der Waals surface area (Å²) in [5.41, 5.74) is 12.7. The zero-order chi connectivity index (χ0) is 55.1. The van der Waals surface area contributed by atoms with Gasteiger partial charge in [-0.1, -0.05) is 212 Å². The van der Waals surface area contributed by atoms with Crippen molar-refractivity contribution in [2.45, 2.75) is 139 Å². The number of nitrogens with zero attached hydrogens (tertiary/aromatic N) is 3. The fourth-order valence-electron chi connectivity index (χ4n) is 13.0. The summed E-state index contributed by atoms with van der Waals surface area (Å²) in [7, 11) is 0. The molecule has 4 aliphatic carbocycles. The molecule has 2 aliphatic heterocycles. The number of fused-ring (bicyclic) bond motifs is 7. The van der Waals surface area contributed by atoms with Gasteiger partial charge >= 0.3 is 0 Å². The van der Waals surface area contributed by atoms with E-state index in [0.717, 1.165) is 29.8 Å².